The fraction of sp³-hybridized carbons (Fsp3) is 0.667. The molecule has 0 radical (unpaired) electrons. The second-order valence-corrected chi connectivity index (χ2v) is 6.31. The standard InChI is InChI=1S/C18H28FN/c1-3-9-20-18(12-15-7-5-4-6-8-15)16-10-14(2)11-17(19)13-16/h10-11,13,15,18,20H,3-9,12H2,1-2H3. The van der Waals surface area contributed by atoms with Crippen molar-refractivity contribution in [1.29, 1.82) is 0 Å². The molecule has 0 aromatic heterocycles. The van der Waals surface area contributed by atoms with E-state index in [4.69, 9.17) is 0 Å². The molecule has 1 atom stereocenters. The fourth-order valence-electron chi connectivity index (χ4n) is 3.38. The largest absolute Gasteiger partial charge is 0.310 e. The minimum Gasteiger partial charge on any atom is -0.310 e. The van der Waals surface area contributed by atoms with Crippen molar-refractivity contribution in [3.8, 4) is 0 Å². The lowest BCUT2D eigenvalue weighted by Crippen LogP contribution is -2.25. The average Bonchev–Trinajstić information content (AvgIpc) is 2.43. The van der Waals surface area contributed by atoms with Crippen molar-refractivity contribution in [2.75, 3.05) is 6.54 Å². The Morgan fingerprint density at radius 3 is 2.60 bits per heavy atom. The van der Waals surface area contributed by atoms with Crippen LogP contribution >= 0.6 is 0 Å². The molecule has 1 saturated carbocycles. The molecular weight excluding hydrogens is 249 g/mol. The van der Waals surface area contributed by atoms with Gasteiger partial charge in [0.25, 0.3) is 0 Å². The molecule has 1 aliphatic carbocycles. The molecule has 0 bridgehead atoms. The van der Waals surface area contributed by atoms with E-state index >= 15 is 0 Å². The maximum Gasteiger partial charge on any atom is 0.123 e. The summed E-state index contributed by atoms with van der Waals surface area (Å²) in [7, 11) is 0. The first-order valence-corrected chi connectivity index (χ1v) is 8.19. The van der Waals surface area contributed by atoms with Gasteiger partial charge in [-0.2, -0.15) is 0 Å². The van der Waals surface area contributed by atoms with Crippen LogP contribution in [0, 0.1) is 18.7 Å². The summed E-state index contributed by atoms with van der Waals surface area (Å²) < 4.78 is 13.7. The zero-order valence-corrected chi connectivity index (χ0v) is 12.9. The van der Waals surface area contributed by atoms with Crippen molar-refractivity contribution in [2.45, 2.75) is 64.8 Å². The van der Waals surface area contributed by atoms with Crippen LogP contribution in [-0.4, -0.2) is 6.54 Å². The number of aryl methyl sites for hydroxylation is 1. The third-order valence-corrected chi connectivity index (χ3v) is 4.40. The Kier molecular flexibility index (Phi) is 6.03. The Balaban J connectivity index is 2.08. The van der Waals surface area contributed by atoms with E-state index in [0.717, 1.165) is 36.4 Å². The summed E-state index contributed by atoms with van der Waals surface area (Å²) >= 11 is 0. The summed E-state index contributed by atoms with van der Waals surface area (Å²) in [5.41, 5.74) is 2.15. The van der Waals surface area contributed by atoms with Crippen LogP contribution in [0.25, 0.3) is 0 Å². The lowest BCUT2D eigenvalue weighted by atomic mass is 9.83. The Morgan fingerprint density at radius 2 is 1.95 bits per heavy atom. The summed E-state index contributed by atoms with van der Waals surface area (Å²) in [5, 5.41) is 3.62. The number of hydrogen-bond acceptors (Lipinski definition) is 1. The normalized spacial score (nSPS) is 18.1. The molecule has 0 aliphatic heterocycles. The van der Waals surface area contributed by atoms with Crippen molar-refractivity contribution >= 4 is 0 Å². The molecule has 1 fully saturated rings. The average molecular weight is 277 g/mol. The SMILES string of the molecule is CCCNC(CC1CCCCC1)c1cc(C)cc(F)c1. The van der Waals surface area contributed by atoms with Crippen LogP contribution in [0.15, 0.2) is 18.2 Å². The Bertz CT molecular complexity index is 390. The van der Waals surface area contributed by atoms with Gasteiger partial charge < -0.3 is 5.32 Å². The maximum absolute atomic E-state index is 13.7. The fourth-order valence-corrected chi connectivity index (χ4v) is 3.38. The lowest BCUT2D eigenvalue weighted by Gasteiger charge is -2.28. The molecule has 1 N–H and O–H groups in total. The van der Waals surface area contributed by atoms with Gasteiger partial charge in [-0.15, -0.1) is 0 Å². The van der Waals surface area contributed by atoms with E-state index in [1.54, 1.807) is 12.1 Å². The maximum atomic E-state index is 13.7. The molecule has 112 valence electrons. The molecule has 0 heterocycles. The second-order valence-electron chi connectivity index (χ2n) is 6.31. The van der Waals surface area contributed by atoms with E-state index in [1.807, 2.05) is 6.92 Å². The van der Waals surface area contributed by atoms with Crippen molar-refractivity contribution < 1.29 is 4.39 Å². The van der Waals surface area contributed by atoms with Crippen molar-refractivity contribution in [3.05, 3.63) is 35.1 Å². The summed E-state index contributed by atoms with van der Waals surface area (Å²) in [5.74, 6) is 0.702. The first kappa shape index (κ1) is 15.5. The van der Waals surface area contributed by atoms with Crippen LogP contribution in [0.1, 0.15) is 69.0 Å². The molecule has 0 spiro atoms. The summed E-state index contributed by atoms with van der Waals surface area (Å²) in [6.07, 6.45) is 9.10. The summed E-state index contributed by atoms with van der Waals surface area (Å²) in [6.45, 7) is 5.17. The van der Waals surface area contributed by atoms with Gasteiger partial charge in [0.05, 0.1) is 0 Å². The van der Waals surface area contributed by atoms with Gasteiger partial charge in [0.1, 0.15) is 5.82 Å². The predicted octanol–water partition coefficient (Wildman–Crippen LogP) is 5.15. The zero-order valence-electron chi connectivity index (χ0n) is 12.9. The molecular formula is C18H28FN. The highest BCUT2D eigenvalue weighted by molar-refractivity contribution is 5.26. The van der Waals surface area contributed by atoms with Gasteiger partial charge in [-0.25, -0.2) is 4.39 Å². The van der Waals surface area contributed by atoms with E-state index in [9.17, 15) is 4.39 Å². The molecule has 1 aromatic carbocycles. The first-order valence-electron chi connectivity index (χ1n) is 8.19. The third-order valence-electron chi connectivity index (χ3n) is 4.40. The minimum atomic E-state index is -0.105. The van der Waals surface area contributed by atoms with Gasteiger partial charge in [-0.1, -0.05) is 45.1 Å². The molecule has 0 saturated heterocycles. The van der Waals surface area contributed by atoms with E-state index in [1.165, 1.54) is 32.1 Å². The molecule has 1 unspecified atom stereocenters. The zero-order chi connectivity index (χ0) is 14.4. The number of nitrogens with one attached hydrogen (secondary N) is 1. The highest BCUT2D eigenvalue weighted by atomic mass is 19.1. The van der Waals surface area contributed by atoms with Crippen molar-refractivity contribution in [3.63, 3.8) is 0 Å². The quantitative estimate of drug-likeness (QED) is 0.758. The van der Waals surface area contributed by atoms with Crippen LogP contribution in [0.2, 0.25) is 0 Å². The van der Waals surface area contributed by atoms with E-state index < -0.39 is 0 Å². The number of halogens is 1. The summed E-state index contributed by atoms with van der Waals surface area (Å²) in [4.78, 5) is 0. The van der Waals surface area contributed by atoms with Crippen LogP contribution in [0.4, 0.5) is 4.39 Å². The molecule has 1 aliphatic rings. The molecule has 2 rings (SSSR count). The van der Waals surface area contributed by atoms with E-state index in [-0.39, 0.29) is 5.82 Å². The highest BCUT2D eigenvalue weighted by Crippen LogP contribution is 2.32. The number of hydrogen-bond donors (Lipinski definition) is 1. The van der Waals surface area contributed by atoms with Crippen molar-refractivity contribution in [1.82, 2.24) is 5.32 Å². The number of benzene rings is 1. The van der Waals surface area contributed by atoms with E-state index in [2.05, 4.69) is 18.3 Å². The van der Waals surface area contributed by atoms with Crippen LogP contribution < -0.4 is 5.32 Å². The Morgan fingerprint density at radius 1 is 1.20 bits per heavy atom. The monoisotopic (exact) mass is 277 g/mol. The minimum absolute atomic E-state index is 0.105. The lowest BCUT2D eigenvalue weighted by molar-refractivity contribution is 0.299. The predicted molar refractivity (Wildman–Crippen MR) is 83.4 cm³/mol. The molecule has 1 aromatic rings. The molecule has 2 heteroatoms. The van der Waals surface area contributed by atoms with Gasteiger partial charge in [-0.3, -0.25) is 0 Å². The smallest absolute Gasteiger partial charge is 0.123 e. The molecule has 0 amide bonds. The van der Waals surface area contributed by atoms with Crippen LogP contribution in [-0.2, 0) is 0 Å². The van der Waals surface area contributed by atoms with Gasteiger partial charge in [-0.05, 0) is 55.5 Å². The van der Waals surface area contributed by atoms with Gasteiger partial charge >= 0.3 is 0 Å². The van der Waals surface area contributed by atoms with Crippen LogP contribution in [0.5, 0.6) is 0 Å². The van der Waals surface area contributed by atoms with E-state index in [0.29, 0.717) is 6.04 Å². The molecule has 1 nitrogen and oxygen atoms in total. The first-order chi connectivity index (χ1) is 9.69. The second kappa shape index (κ2) is 7.78. The van der Waals surface area contributed by atoms with Gasteiger partial charge in [0.2, 0.25) is 0 Å². The third kappa shape index (κ3) is 4.59. The topological polar surface area (TPSA) is 12.0 Å². The molecule has 20 heavy (non-hydrogen) atoms. The number of rotatable bonds is 6. The van der Waals surface area contributed by atoms with Crippen molar-refractivity contribution in [2.24, 2.45) is 5.92 Å². The van der Waals surface area contributed by atoms with Crippen LogP contribution in [0.3, 0.4) is 0 Å². The Hall–Kier alpha value is -0.890. The van der Waals surface area contributed by atoms with Gasteiger partial charge in [0, 0.05) is 6.04 Å². The highest BCUT2D eigenvalue weighted by Gasteiger charge is 2.20. The van der Waals surface area contributed by atoms with Gasteiger partial charge in [0.15, 0.2) is 0 Å². The Labute approximate surface area is 123 Å². The summed E-state index contributed by atoms with van der Waals surface area (Å²) in [6, 6.07) is 5.77.